The first kappa shape index (κ1) is 24.9. The Bertz CT molecular complexity index is 874. The lowest BCUT2D eigenvalue weighted by Gasteiger charge is -2.34. The monoisotopic (exact) mass is 457 g/mol. The molecule has 1 aliphatic heterocycles. The van der Waals surface area contributed by atoms with E-state index in [4.69, 9.17) is 9.47 Å². The molecule has 9 nitrogen and oxygen atoms in total. The van der Waals surface area contributed by atoms with Crippen molar-refractivity contribution in [1.29, 1.82) is 0 Å². The molecular weight excluding hydrogens is 422 g/mol. The van der Waals surface area contributed by atoms with Crippen LogP contribution in [0.5, 0.6) is 0 Å². The summed E-state index contributed by atoms with van der Waals surface area (Å²) in [7, 11) is 0. The number of piperidine rings is 1. The molecule has 33 heavy (non-hydrogen) atoms. The van der Waals surface area contributed by atoms with Crippen LogP contribution in [0.15, 0.2) is 36.5 Å². The van der Waals surface area contributed by atoms with E-state index < -0.39 is 6.29 Å². The third-order valence-electron chi connectivity index (χ3n) is 5.86. The minimum atomic E-state index is -0.428. The number of nitrogens with zero attached hydrogens (tertiary/aromatic N) is 4. The first-order valence-corrected chi connectivity index (χ1v) is 11.8. The van der Waals surface area contributed by atoms with E-state index in [9.17, 15) is 9.59 Å². The second kappa shape index (κ2) is 12.5. The van der Waals surface area contributed by atoms with E-state index >= 15 is 0 Å². The Hall–Kier alpha value is -2.78. The van der Waals surface area contributed by atoms with Crippen molar-refractivity contribution in [3.8, 4) is 0 Å². The Morgan fingerprint density at radius 3 is 2.36 bits per heavy atom. The van der Waals surface area contributed by atoms with Crippen molar-refractivity contribution in [3.05, 3.63) is 47.8 Å². The van der Waals surface area contributed by atoms with Gasteiger partial charge in [-0.3, -0.25) is 9.59 Å². The summed E-state index contributed by atoms with van der Waals surface area (Å²) in [5, 5.41) is 11.0. The molecule has 1 N–H and O–H groups in total. The van der Waals surface area contributed by atoms with Crippen LogP contribution < -0.4 is 5.32 Å². The SMILES string of the molecule is CCOC(Cn1cc(C(=O)NC2CCN(C(=O)C(CC)c3ccccc3)CC2)nn1)OCC. The van der Waals surface area contributed by atoms with Crippen LogP contribution in [0.3, 0.4) is 0 Å². The van der Waals surface area contributed by atoms with E-state index in [0.29, 0.717) is 45.7 Å². The molecule has 1 fully saturated rings. The van der Waals surface area contributed by atoms with Gasteiger partial charge in [0.2, 0.25) is 5.91 Å². The standard InChI is InChI=1S/C24H35N5O4/c1-4-20(18-10-8-7-9-11-18)24(31)28-14-12-19(13-15-28)25-23(30)21-16-29(27-26-21)17-22(32-5-2)33-6-3/h7-11,16,19-20,22H,4-6,12-15,17H2,1-3H3,(H,25,30). The van der Waals surface area contributed by atoms with Crippen LogP contribution in [-0.4, -0.2) is 70.3 Å². The van der Waals surface area contributed by atoms with Gasteiger partial charge in [0.25, 0.3) is 5.91 Å². The maximum Gasteiger partial charge on any atom is 0.273 e. The molecule has 2 amide bonds. The smallest absolute Gasteiger partial charge is 0.273 e. The van der Waals surface area contributed by atoms with E-state index in [0.717, 1.165) is 12.0 Å². The number of hydrogen-bond acceptors (Lipinski definition) is 6. The van der Waals surface area contributed by atoms with Crippen LogP contribution in [0.25, 0.3) is 0 Å². The van der Waals surface area contributed by atoms with E-state index in [2.05, 4.69) is 15.6 Å². The van der Waals surface area contributed by atoms with Gasteiger partial charge in [0, 0.05) is 32.3 Å². The number of carbonyl (C=O) groups is 2. The molecule has 1 atom stereocenters. The van der Waals surface area contributed by atoms with Crippen molar-refractivity contribution in [1.82, 2.24) is 25.2 Å². The number of benzene rings is 1. The molecule has 2 aromatic rings. The molecule has 1 aliphatic rings. The van der Waals surface area contributed by atoms with Crippen molar-refractivity contribution in [2.75, 3.05) is 26.3 Å². The van der Waals surface area contributed by atoms with Gasteiger partial charge in [0.1, 0.15) is 0 Å². The number of nitrogens with one attached hydrogen (secondary N) is 1. The summed E-state index contributed by atoms with van der Waals surface area (Å²) in [5.74, 6) is -0.217. The van der Waals surface area contributed by atoms with Crippen LogP contribution in [0.4, 0.5) is 0 Å². The van der Waals surface area contributed by atoms with Crippen LogP contribution in [0, 0.1) is 0 Å². The van der Waals surface area contributed by atoms with Crippen LogP contribution >= 0.6 is 0 Å². The highest BCUT2D eigenvalue weighted by molar-refractivity contribution is 5.92. The zero-order valence-corrected chi connectivity index (χ0v) is 19.8. The van der Waals surface area contributed by atoms with Crippen molar-refractivity contribution in [3.63, 3.8) is 0 Å². The molecule has 0 aliphatic carbocycles. The Balaban J connectivity index is 1.49. The maximum absolute atomic E-state index is 13.1. The van der Waals surface area contributed by atoms with E-state index in [-0.39, 0.29) is 29.5 Å². The Morgan fingerprint density at radius 1 is 1.09 bits per heavy atom. The molecular formula is C24H35N5O4. The number of rotatable bonds is 11. The topological polar surface area (TPSA) is 98.6 Å². The summed E-state index contributed by atoms with van der Waals surface area (Å²) in [6.07, 6.45) is 3.37. The molecule has 0 saturated carbocycles. The Labute approximate surface area is 195 Å². The molecule has 3 rings (SSSR count). The van der Waals surface area contributed by atoms with Gasteiger partial charge in [0.15, 0.2) is 12.0 Å². The molecule has 1 saturated heterocycles. The number of amides is 2. The second-order valence-electron chi connectivity index (χ2n) is 8.11. The third kappa shape index (κ3) is 6.85. The third-order valence-corrected chi connectivity index (χ3v) is 5.86. The highest BCUT2D eigenvalue weighted by Crippen LogP contribution is 2.24. The molecule has 1 unspecified atom stereocenters. The van der Waals surface area contributed by atoms with Crippen molar-refractivity contribution in [2.45, 2.75) is 64.8 Å². The van der Waals surface area contributed by atoms with Crippen molar-refractivity contribution >= 4 is 11.8 Å². The number of likely N-dealkylation sites (tertiary alicyclic amines) is 1. The summed E-state index contributed by atoms with van der Waals surface area (Å²) < 4.78 is 12.6. The fourth-order valence-corrected chi connectivity index (χ4v) is 4.13. The first-order chi connectivity index (χ1) is 16.0. The largest absolute Gasteiger partial charge is 0.351 e. The van der Waals surface area contributed by atoms with Gasteiger partial charge >= 0.3 is 0 Å². The van der Waals surface area contributed by atoms with Gasteiger partial charge in [-0.05, 0) is 38.7 Å². The molecule has 1 aromatic carbocycles. The van der Waals surface area contributed by atoms with Crippen LogP contribution in [0.1, 0.15) is 62.0 Å². The summed E-state index contributed by atoms with van der Waals surface area (Å²) in [6, 6.07) is 9.93. The normalized spacial score (nSPS) is 15.6. The van der Waals surface area contributed by atoms with Gasteiger partial charge in [-0.1, -0.05) is 42.5 Å². The van der Waals surface area contributed by atoms with Gasteiger partial charge in [-0.2, -0.15) is 0 Å². The van der Waals surface area contributed by atoms with Gasteiger partial charge < -0.3 is 19.7 Å². The molecule has 1 aromatic heterocycles. The fourth-order valence-electron chi connectivity index (χ4n) is 4.13. The summed E-state index contributed by atoms with van der Waals surface area (Å²) in [6.45, 7) is 8.51. The average molecular weight is 458 g/mol. The molecule has 2 heterocycles. The molecule has 9 heteroatoms. The number of ether oxygens (including phenoxy) is 2. The van der Waals surface area contributed by atoms with Crippen molar-refractivity contribution < 1.29 is 19.1 Å². The van der Waals surface area contributed by atoms with E-state index in [1.165, 1.54) is 0 Å². The van der Waals surface area contributed by atoms with Crippen molar-refractivity contribution in [2.24, 2.45) is 0 Å². The fraction of sp³-hybridized carbons (Fsp3) is 0.583. The Kier molecular flexibility index (Phi) is 9.38. The predicted molar refractivity (Wildman–Crippen MR) is 124 cm³/mol. The van der Waals surface area contributed by atoms with Crippen LogP contribution in [0.2, 0.25) is 0 Å². The quantitative estimate of drug-likeness (QED) is 0.521. The lowest BCUT2D eigenvalue weighted by atomic mass is 9.93. The maximum atomic E-state index is 13.1. The molecule has 180 valence electrons. The summed E-state index contributed by atoms with van der Waals surface area (Å²) in [4.78, 5) is 27.6. The molecule has 0 radical (unpaired) electrons. The number of hydrogen-bond donors (Lipinski definition) is 1. The summed E-state index contributed by atoms with van der Waals surface area (Å²) in [5.41, 5.74) is 1.31. The van der Waals surface area contributed by atoms with Gasteiger partial charge in [0.05, 0.1) is 18.7 Å². The zero-order chi connectivity index (χ0) is 23.6. The minimum Gasteiger partial charge on any atom is -0.351 e. The van der Waals surface area contributed by atoms with Gasteiger partial charge in [-0.25, -0.2) is 4.68 Å². The van der Waals surface area contributed by atoms with Crippen LogP contribution in [-0.2, 0) is 20.8 Å². The number of carbonyl (C=O) groups excluding carboxylic acids is 2. The molecule has 0 spiro atoms. The average Bonchev–Trinajstić information content (AvgIpc) is 3.30. The second-order valence-corrected chi connectivity index (χ2v) is 8.11. The molecule has 0 bridgehead atoms. The minimum absolute atomic E-state index is 0.00287. The first-order valence-electron chi connectivity index (χ1n) is 11.8. The Morgan fingerprint density at radius 2 is 1.76 bits per heavy atom. The van der Waals surface area contributed by atoms with E-state index in [1.54, 1.807) is 10.9 Å². The van der Waals surface area contributed by atoms with E-state index in [1.807, 2.05) is 56.0 Å². The van der Waals surface area contributed by atoms with Gasteiger partial charge in [-0.15, -0.1) is 5.10 Å². The lowest BCUT2D eigenvalue weighted by Crippen LogP contribution is -2.47. The highest BCUT2D eigenvalue weighted by Gasteiger charge is 2.29. The highest BCUT2D eigenvalue weighted by atomic mass is 16.7. The zero-order valence-electron chi connectivity index (χ0n) is 19.8. The summed E-state index contributed by atoms with van der Waals surface area (Å²) >= 11 is 0. The predicted octanol–water partition coefficient (Wildman–Crippen LogP) is 2.59. The number of aromatic nitrogens is 3. The lowest BCUT2D eigenvalue weighted by molar-refractivity contribution is -0.145.